The van der Waals surface area contributed by atoms with Crippen molar-refractivity contribution in [3.63, 3.8) is 0 Å². The molecule has 30 heavy (non-hydrogen) atoms. The quantitative estimate of drug-likeness (QED) is 0.577. The van der Waals surface area contributed by atoms with Crippen molar-refractivity contribution in [1.29, 1.82) is 0 Å². The van der Waals surface area contributed by atoms with Gasteiger partial charge in [-0.25, -0.2) is 14.2 Å². The van der Waals surface area contributed by atoms with Gasteiger partial charge in [0.1, 0.15) is 11.6 Å². The van der Waals surface area contributed by atoms with Gasteiger partial charge in [0.25, 0.3) is 0 Å². The van der Waals surface area contributed by atoms with Crippen LogP contribution in [0.3, 0.4) is 0 Å². The number of halogens is 2. The van der Waals surface area contributed by atoms with Gasteiger partial charge in [0.05, 0.1) is 5.71 Å². The highest BCUT2D eigenvalue weighted by Gasteiger charge is 2.19. The first-order valence-electron chi connectivity index (χ1n) is 9.69. The third-order valence-corrected chi connectivity index (χ3v) is 5.02. The Morgan fingerprint density at radius 1 is 0.933 bits per heavy atom. The van der Waals surface area contributed by atoms with E-state index in [1.54, 1.807) is 24.3 Å². The lowest BCUT2D eigenvalue weighted by molar-refractivity contribution is -0.121. The highest BCUT2D eigenvalue weighted by atomic mass is 19.1. The maximum atomic E-state index is 13.6. The number of benzene rings is 3. The molecular weight excluding hydrogens is 382 g/mol. The molecule has 0 saturated heterocycles. The summed E-state index contributed by atoms with van der Waals surface area (Å²) < 4.78 is 27.0. The number of amides is 1. The minimum absolute atomic E-state index is 0.104. The molecule has 0 saturated carbocycles. The Morgan fingerprint density at radius 3 is 2.23 bits per heavy atom. The maximum absolute atomic E-state index is 13.6. The molecule has 5 heteroatoms. The first-order valence-corrected chi connectivity index (χ1v) is 9.69. The molecule has 1 N–H and O–H groups in total. The predicted molar refractivity (Wildman–Crippen MR) is 115 cm³/mol. The summed E-state index contributed by atoms with van der Waals surface area (Å²) in [5.41, 5.74) is 8.73. The molecule has 0 aliphatic carbocycles. The van der Waals surface area contributed by atoms with E-state index in [1.165, 1.54) is 24.3 Å². The van der Waals surface area contributed by atoms with Gasteiger partial charge in [-0.05, 0) is 59.5 Å². The van der Waals surface area contributed by atoms with E-state index in [1.807, 2.05) is 31.2 Å². The fourth-order valence-corrected chi connectivity index (χ4v) is 3.47. The minimum Gasteiger partial charge on any atom is -0.273 e. The molecule has 0 radical (unpaired) electrons. The Kier molecular flexibility index (Phi) is 5.53. The molecule has 0 atom stereocenters. The second-order valence-electron chi connectivity index (χ2n) is 7.26. The van der Waals surface area contributed by atoms with Gasteiger partial charge in [0, 0.05) is 18.4 Å². The number of carbonyl (C=O) groups excluding carboxylic acids is 1. The number of nitrogens with zero attached hydrogens (tertiary/aromatic N) is 1. The Morgan fingerprint density at radius 2 is 1.60 bits per heavy atom. The van der Waals surface area contributed by atoms with Crippen molar-refractivity contribution in [3.8, 4) is 0 Å². The van der Waals surface area contributed by atoms with E-state index < -0.39 is 0 Å². The van der Waals surface area contributed by atoms with Crippen LogP contribution >= 0.6 is 0 Å². The smallest absolute Gasteiger partial charge is 0.240 e. The van der Waals surface area contributed by atoms with E-state index in [0.717, 1.165) is 39.1 Å². The van der Waals surface area contributed by atoms with Gasteiger partial charge in [-0.2, -0.15) is 5.10 Å². The zero-order chi connectivity index (χ0) is 21.1. The minimum atomic E-state index is -0.316. The zero-order valence-electron chi connectivity index (χ0n) is 16.5. The van der Waals surface area contributed by atoms with Gasteiger partial charge in [-0.1, -0.05) is 48.0 Å². The molecule has 1 aliphatic rings. The summed E-state index contributed by atoms with van der Waals surface area (Å²) in [4.78, 5) is 11.5. The van der Waals surface area contributed by atoms with Crippen LogP contribution in [0.1, 0.15) is 40.7 Å². The number of hydrogen-bond donors (Lipinski definition) is 1. The molecular formula is C25H20F2N2O. The van der Waals surface area contributed by atoms with Gasteiger partial charge < -0.3 is 0 Å². The second kappa shape index (κ2) is 8.41. The van der Waals surface area contributed by atoms with Gasteiger partial charge >= 0.3 is 0 Å². The SMILES string of the molecule is Cc1ccc(C2=NNC(=O)CC2)c(/C(=C/c2ccc(F)cc2)c2ccc(F)cc2)c1. The average molecular weight is 402 g/mol. The van der Waals surface area contributed by atoms with Crippen LogP contribution in [-0.4, -0.2) is 11.6 Å². The lowest BCUT2D eigenvalue weighted by Gasteiger charge is -2.19. The summed E-state index contributed by atoms with van der Waals surface area (Å²) in [5, 5.41) is 4.26. The summed E-state index contributed by atoms with van der Waals surface area (Å²) in [6, 6.07) is 18.5. The highest BCUT2D eigenvalue weighted by molar-refractivity contribution is 6.09. The summed E-state index contributed by atoms with van der Waals surface area (Å²) in [5.74, 6) is -0.726. The van der Waals surface area contributed by atoms with Crippen molar-refractivity contribution in [2.45, 2.75) is 19.8 Å². The summed E-state index contributed by atoms with van der Waals surface area (Å²) in [6.45, 7) is 2.00. The highest BCUT2D eigenvalue weighted by Crippen LogP contribution is 2.31. The molecule has 1 aliphatic heterocycles. The molecule has 3 aromatic rings. The molecule has 0 aromatic heterocycles. The van der Waals surface area contributed by atoms with Crippen LogP contribution in [0, 0.1) is 18.6 Å². The average Bonchev–Trinajstić information content (AvgIpc) is 2.75. The molecule has 0 fully saturated rings. The Hall–Kier alpha value is -3.60. The fourth-order valence-electron chi connectivity index (χ4n) is 3.47. The Balaban J connectivity index is 1.91. The summed E-state index contributed by atoms with van der Waals surface area (Å²) in [7, 11) is 0. The van der Waals surface area contributed by atoms with Gasteiger partial charge in [0.2, 0.25) is 5.91 Å². The standard InChI is InChI=1S/C25H20F2N2O/c1-16-2-11-21(24-12-13-25(30)29-28-24)23(14-16)22(18-5-9-20(27)10-6-18)15-17-3-7-19(26)8-4-17/h2-11,14-15H,12-13H2,1H3,(H,29,30)/b22-15+. The molecule has 0 unspecified atom stereocenters. The maximum Gasteiger partial charge on any atom is 0.240 e. The molecule has 0 spiro atoms. The van der Waals surface area contributed by atoms with Crippen molar-refractivity contribution >= 4 is 23.3 Å². The van der Waals surface area contributed by atoms with Crippen LogP contribution in [0.15, 0.2) is 71.8 Å². The second-order valence-corrected chi connectivity index (χ2v) is 7.26. The van der Waals surface area contributed by atoms with Gasteiger partial charge in [-0.3, -0.25) is 4.79 Å². The lowest BCUT2D eigenvalue weighted by atomic mass is 9.88. The number of hydrazone groups is 1. The molecule has 1 heterocycles. The van der Waals surface area contributed by atoms with E-state index in [-0.39, 0.29) is 17.5 Å². The molecule has 150 valence electrons. The molecule has 4 rings (SSSR count). The van der Waals surface area contributed by atoms with Crippen molar-refractivity contribution in [3.05, 3.63) is 106 Å². The number of rotatable bonds is 4. The number of aryl methyl sites for hydroxylation is 1. The molecule has 0 bridgehead atoms. The van der Waals surface area contributed by atoms with E-state index in [0.29, 0.717) is 12.8 Å². The van der Waals surface area contributed by atoms with Crippen LogP contribution in [0.5, 0.6) is 0 Å². The monoisotopic (exact) mass is 402 g/mol. The topological polar surface area (TPSA) is 41.5 Å². The van der Waals surface area contributed by atoms with Crippen molar-refractivity contribution in [2.75, 3.05) is 0 Å². The largest absolute Gasteiger partial charge is 0.273 e. The zero-order valence-corrected chi connectivity index (χ0v) is 16.5. The molecule has 3 nitrogen and oxygen atoms in total. The number of hydrogen-bond acceptors (Lipinski definition) is 2. The fraction of sp³-hybridized carbons (Fsp3) is 0.120. The molecule has 3 aromatic carbocycles. The Labute approximate surface area is 173 Å². The van der Waals surface area contributed by atoms with E-state index in [4.69, 9.17) is 0 Å². The normalized spacial score (nSPS) is 14.3. The summed E-state index contributed by atoms with van der Waals surface area (Å²) in [6.07, 6.45) is 2.86. The molecule has 1 amide bonds. The number of nitrogens with one attached hydrogen (secondary N) is 1. The first-order chi connectivity index (χ1) is 14.5. The van der Waals surface area contributed by atoms with Gasteiger partial charge in [0.15, 0.2) is 0 Å². The Bertz CT molecular complexity index is 1150. The van der Waals surface area contributed by atoms with Crippen LogP contribution in [-0.2, 0) is 4.79 Å². The summed E-state index contributed by atoms with van der Waals surface area (Å²) >= 11 is 0. The van der Waals surface area contributed by atoms with Crippen molar-refractivity contribution in [2.24, 2.45) is 5.10 Å². The van der Waals surface area contributed by atoms with E-state index in [2.05, 4.69) is 10.5 Å². The van der Waals surface area contributed by atoms with Crippen LogP contribution in [0.4, 0.5) is 8.78 Å². The van der Waals surface area contributed by atoms with Gasteiger partial charge in [-0.15, -0.1) is 0 Å². The third kappa shape index (κ3) is 4.35. The predicted octanol–water partition coefficient (Wildman–Crippen LogP) is 5.48. The van der Waals surface area contributed by atoms with Crippen LogP contribution < -0.4 is 5.43 Å². The first kappa shape index (κ1) is 19.7. The van der Waals surface area contributed by atoms with Crippen molar-refractivity contribution < 1.29 is 13.6 Å². The van der Waals surface area contributed by atoms with Crippen LogP contribution in [0.2, 0.25) is 0 Å². The lowest BCUT2D eigenvalue weighted by Crippen LogP contribution is -2.26. The third-order valence-electron chi connectivity index (χ3n) is 5.02. The van der Waals surface area contributed by atoms with Crippen molar-refractivity contribution in [1.82, 2.24) is 5.43 Å². The van der Waals surface area contributed by atoms with Crippen LogP contribution in [0.25, 0.3) is 11.6 Å². The van der Waals surface area contributed by atoms with E-state index in [9.17, 15) is 13.6 Å². The van der Waals surface area contributed by atoms with E-state index >= 15 is 0 Å². The number of carbonyl (C=O) groups is 1.